The molecular formula is C13H15ClN2O4. The summed E-state index contributed by atoms with van der Waals surface area (Å²) in [5.41, 5.74) is 5.99. The lowest BCUT2D eigenvalue weighted by molar-refractivity contribution is -0.124. The van der Waals surface area contributed by atoms with Crippen molar-refractivity contribution in [3.05, 3.63) is 35.4 Å². The highest BCUT2D eigenvalue weighted by molar-refractivity contribution is 6.33. The first-order valence-electron chi connectivity index (χ1n) is 5.67. The zero-order chi connectivity index (χ0) is 15.1. The van der Waals surface area contributed by atoms with Crippen molar-refractivity contribution < 1.29 is 19.1 Å². The van der Waals surface area contributed by atoms with E-state index in [1.54, 1.807) is 0 Å². The first-order valence-corrected chi connectivity index (χ1v) is 6.05. The molecule has 1 aromatic rings. The number of hydrogen-bond donors (Lipinski definition) is 2. The van der Waals surface area contributed by atoms with Gasteiger partial charge in [0.2, 0.25) is 0 Å². The van der Waals surface area contributed by atoms with E-state index in [-0.39, 0.29) is 22.0 Å². The van der Waals surface area contributed by atoms with Gasteiger partial charge in [0, 0.05) is 12.6 Å². The van der Waals surface area contributed by atoms with Gasteiger partial charge in [-0.15, -0.1) is 6.58 Å². The Morgan fingerprint density at radius 1 is 1.50 bits per heavy atom. The molecule has 0 radical (unpaired) electrons. The molecule has 6 nitrogen and oxygen atoms in total. The highest BCUT2D eigenvalue weighted by atomic mass is 35.5. The second-order valence-electron chi connectivity index (χ2n) is 3.74. The molecule has 0 bridgehead atoms. The Hall–Kier alpha value is -2.21. The van der Waals surface area contributed by atoms with E-state index >= 15 is 0 Å². The third-order valence-electron chi connectivity index (χ3n) is 2.32. The average Bonchev–Trinajstić information content (AvgIpc) is 2.44. The predicted molar refractivity (Wildman–Crippen MR) is 75.9 cm³/mol. The maximum Gasteiger partial charge on any atom is 0.342 e. The molecule has 0 saturated heterocycles. The maximum atomic E-state index is 11.9. The molecule has 0 saturated carbocycles. The summed E-state index contributed by atoms with van der Waals surface area (Å²) in [5.74, 6) is -0.931. The van der Waals surface area contributed by atoms with Crippen LogP contribution in [0.1, 0.15) is 10.4 Å². The summed E-state index contributed by atoms with van der Waals surface area (Å²) < 4.78 is 9.88. The van der Waals surface area contributed by atoms with E-state index in [9.17, 15) is 9.59 Å². The van der Waals surface area contributed by atoms with E-state index in [1.807, 2.05) is 0 Å². The van der Waals surface area contributed by atoms with E-state index in [4.69, 9.17) is 26.8 Å². The normalized spacial score (nSPS) is 9.70. The first-order chi connectivity index (χ1) is 9.49. The van der Waals surface area contributed by atoms with Crippen molar-refractivity contribution in [2.75, 3.05) is 26.0 Å². The van der Waals surface area contributed by atoms with E-state index in [1.165, 1.54) is 25.3 Å². The van der Waals surface area contributed by atoms with Gasteiger partial charge in [0.05, 0.1) is 17.8 Å². The molecular weight excluding hydrogens is 284 g/mol. The van der Waals surface area contributed by atoms with Crippen LogP contribution in [0.3, 0.4) is 0 Å². The number of esters is 1. The smallest absolute Gasteiger partial charge is 0.342 e. The van der Waals surface area contributed by atoms with Crippen molar-refractivity contribution in [1.82, 2.24) is 5.32 Å². The number of benzene rings is 1. The number of anilines is 1. The molecule has 0 heterocycles. The van der Waals surface area contributed by atoms with Crippen LogP contribution < -0.4 is 15.8 Å². The number of carbonyl (C=O) groups is 2. The lowest BCUT2D eigenvalue weighted by Crippen LogP contribution is -2.28. The first kappa shape index (κ1) is 15.8. The fraction of sp³-hybridized carbons (Fsp3) is 0.231. The molecule has 7 heteroatoms. The largest absolute Gasteiger partial charge is 0.496 e. The third-order valence-corrected chi connectivity index (χ3v) is 2.64. The van der Waals surface area contributed by atoms with E-state index in [0.29, 0.717) is 6.54 Å². The fourth-order valence-electron chi connectivity index (χ4n) is 1.34. The van der Waals surface area contributed by atoms with Gasteiger partial charge >= 0.3 is 5.97 Å². The number of nitrogens with two attached hydrogens (primary N) is 1. The number of ether oxygens (including phenoxy) is 2. The van der Waals surface area contributed by atoms with Crippen LogP contribution in [0, 0.1) is 0 Å². The molecule has 0 fully saturated rings. The monoisotopic (exact) mass is 298 g/mol. The van der Waals surface area contributed by atoms with Gasteiger partial charge in [-0.25, -0.2) is 4.79 Å². The van der Waals surface area contributed by atoms with Gasteiger partial charge in [0.1, 0.15) is 11.3 Å². The molecule has 0 aliphatic rings. The SMILES string of the molecule is C=CCNC(=O)COC(=O)c1cc(Cl)c(N)cc1OC. The summed E-state index contributed by atoms with van der Waals surface area (Å²) in [6.07, 6.45) is 1.52. The van der Waals surface area contributed by atoms with Crippen molar-refractivity contribution >= 4 is 29.2 Å². The van der Waals surface area contributed by atoms with Gasteiger partial charge in [-0.3, -0.25) is 4.79 Å². The summed E-state index contributed by atoms with van der Waals surface area (Å²) in [7, 11) is 1.39. The van der Waals surface area contributed by atoms with Gasteiger partial charge in [-0.05, 0) is 6.07 Å². The second-order valence-corrected chi connectivity index (χ2v) is 4.15. The molecule has 1 amide bonds. The quantitative estimate of drug-likeness (QED) is 0.470. The molecule has 1 rings (SSSR count). The predicted octanol–water partition coefficient (Wildman–Crippen LogP) is 1.39. The molecule has 0 spiro atoms. The Morgan fingerprint density at radius 3 is 2.80 bits per heavy atom. The van der Waals surface area contributed by atoms with E-state index < -0.39 is 18.5 Å². The highest BCUT2D eigenvalue weighted by Gasteiger charge is 2.17. The van der Waals surface area contributed by atoms with Crippen LogP contribution in [0.5, 0.6) is 5.75 Å². The third kappa shape index (κ3) is 4.17. The minimum Gasteiger partial charge on any atom is -0.496 e. The average molecular weight is 299 g/mol. The fourth-order valence-corrected chi connectivity index (χ4v) is 1.51. The molecule has 0 atom stereocenters. The van der Waals surface area contributed by atoms with Gasteiger partial charge < -0.3 is 20.5 Å². The number of carbonyl (C=O) groups excluding carboxylic acids is 2. The van der Waals surface area contributed by atoms with Crippen molar-refractivity contribution in [2.45, 2.75) is 0 Å². The Balaban J connectivity index is 2.74. The number of halogens is 1. The summed E-state index contributed by atoms with van der Waals surface area (Å²) in [4.78, 5) is 23.2. The molecule has 0 unspecified atom stereocenters. The van der Waals surface area contributed by atoms with Crippen LogP contribution in [0.25, 0.3) is 0 Å². The number of methoxy groups -OCH3 is 1. The van der Waals surface area contributed by atoms with Crippen molar-refractivity contribution in [3.63, 3.8) is 0 Å². The standard InChI is InChI=1S/C13H15ClN2O4/c1-3-4-16-12(17)7-20-13(18)8-5-9(14)10(15)6-11(8)19-2/h3,5-6H,1,4,7,15H2,2H3,(H,16,17). The summed E-state index contributed by atoms with van der Waals surface area (Å²) >= 11 is 5.84. The lowest BCUT2D eigenvalue weighted by Gasteiger charge is -2.10. The van der Waals surface area contributed by atoms with E-state index in [0.717, 1.165) is 0 Å². The van der Waals surface area contributed by atoms with Crippen molar-refractivity contribution in [1.29, 1.82) is 0 Å². The topological polar surface area (TPSA) is 90.7 Å². The number of hydrogen-bond acceptors (Lipinski definition) is 5. The molecule has 1 aromatic carbocycles. The minimum atomic E-state index is -0.725. The van der Waals surface area contributed by atoms with Crippen LogP contribution >= 0.6 is 11.6 Å². The van der Waals surface area contributed by atoms with Gasteiger partial charge in [-0.2, -0.15) is 0 Å². The summed E-state index contributed by atoms with van der Waals surface area (Å²) in [6, 6.07) is 2.75. The zero-order valence-electron chi connectivity index (χ0n) is 10.9. The van der Waals surface area contributed by atoms with Crippen molar-refractivity contribution in [3.8, 4) is 5.75 Å². The summed E-state index contributed by atoms with van der Waals surface area (Å²) in [5, 5.41) is 2.68. The Morgan fingerprint density at radius 2 is 2.20 bits per heavy atom. The number of amides is 1. The molecule has 108 valence electrons. The van der Waals surface area contributed by atoms with Crippen LogP contribution in [0.15, 0.2) is 24.8 Å². The molecule has 3 N–H and O–H groups in total. The van der Waals surface area contributed by atoms with Crippen LogP contribution in [-0.4, -0.2) is 32.1 Å². The summed E-state index contributed by atoms with van der Waals surface area (Å²) in [6.45, 7) is 3.34. The second kappa shape index (κ2) is 7.40. The lowest BCUT2D eigenvalue weighted by atomic mass is 10.2. The van der Waals surface area contributed by atoms with Crippen LogP contribution in [0.2, 0.25) is 5.02 Å². The maximum absolute atomic E-state index is 11.9. The number of rotatable bonds is 6. The molecule has 20 heavy (non-hydrogen) atoms. The Bertz CT molecular complexity index is 531. The molecule has 0 aliphatic heterocycles. The minimum absolute atomic E-state index is 0.100. The highest BCUT2D eigenvalue weighted by Crippen LogP contribution is 2.29. The van der Waals surface area contributed by atoms with Gasteiger partial charge in [0.15, 0.2) is 6.61 Å². The van der Waals surface area contributed by atoms with Crippen LogP contribution in [-0.2, 0) is 9.53 Å². The van der Waals surface area contributed by atoms with Gasteiger partial charge in [-0.1, -0.05) is 17.7 Å². The Labute approximate surface area is 121 Å². The molecule has 0 aromatic heterocycles. The number of nitrogens with one attached hydrogen (secondary N) is 1. The van der Waals surface area contributed by atoms with Crippen molar-refractivity contribution in [2.24, 2.45) is 0 Å². The molecule has 0 aliphatic carbocycles. The Kier molecular flexibility index (Phi) is 5.86. The number of nitrogen functional groups attached to an aromatic ring is 1. The zero-order valence-corrected chi connectivity index (χ0v) is 11.7. The van der Waals surface area contributed by atoms with Gasteiger partial charge in [0.25, 0.3) is 5.91 Å². The van der Waals surface area contributed by atoms with E-state index in [2.05, 4.69) is 11.9 Å². The van der Waals surface area contributed by atoms with Crippen LogP contribution in [0.4, 0.5) is 5.69 Å².